The molecule has 3 aromatic rings. The first-order valence-electron chi connectivity index (χ1n) is 9.70. The quantitative estimate of drug-likeness (QED) is 0.580. The van der Waals surface area contributed by atoms with Crippen LogP contribution in [-0.2, 0) is 16.0 Å². The molecule has 3 aromatic carbocycles. The van der Waals surface area contributed by atoms with Crippen LogP contribution in [0, 0.1) is 0 Å². The number of aliphatic hydroxyl groups is 1. The number of nitrogens with zero attached hydrogens (tertiary/aromatic N) is 1. The van der Waals surface area contributed by atoms with Gasteiger partial charge in [-0.15, -0.1) is 0 Å². The van der Waals surface area contributed by atoms with Crippen molar-refractivity contribution in [2.45, 2.75) is 18.9 Å². The molecule has 0 aromatic heterocycles. The van der Waals surface area contributed by atoms with E-state index in [9.17, 15) is 14.7 Å². The Morgan fingerprint density at radius 1 is 0.933 bits per heavy atom. The molecule has 0 fully saturated rings. The summed E-state index contributed by atoms with van der Waals surface area (Å²) in [7, 11) is 0. The lowest BCUT2D eigenvalue weighted by atomic mass is 9.93. The maximum absolute atomic E-state index is 13.2. The number of aliphatic hydroxyl groups excluding tert-OH is 1. The Hall–Kier alpha value is -3.37. The van der Waals surface area contributed by atoms with E-state index in [2.05, 4.69) is 0 Å². The molecule has 1 aliphatic rings. The molecule has 1 aliphatic heterocycles. The summed E-state index contributed by atoms with van der Waals surface area (Å²) >= 11 is 6.14. The fraction of sp³-hybridized carbons (Fsp3) is 0.120. The zero-order valence-electron chi connectivity index (χ0n) is 16.2. The molecular formula is C25H20ClNO3. The number of anilines is 1. The van der Waals surface area contributed by atoms with Gasteiger partial charge in [-0.05, 0) is 35.7 Å². The number of rotatable bonds is 6. The number of carbonyl (C=O) groups is 2. The van der Waals surface area contributed by atoms with Gasteiger partial charge in [0.2, 0.25) is 0 Å². The molecule has 1 heterocycles. The molecule has 150 valence electrons. The highest BCUT2D eigenvalue weighted by molar-refractivity contribution is 6.31. The molecule has 1 unspecified atom stereocenters. The van der Waals surface area contributed by atoms with Crippen molar-refractivity contribution in [2.24, 2.45) is 0 Å². The van der Waals surface area contributed by atoms with E-state index in [4.69, 9.17) is 11.6 Å². The van der Waals surface area contributed by atoms with Gasteiger partial charge in [-0.25, -0.2) is 0 Å². The van der Waals surface area contributed by atoms with Gasteiger partial charge in [-0.2, -0.15) is 0 Å². The van der Waals surface area contributed by atoms with Gasteiger partial charge in [0.15, 0.2) is 11.5 Å². The molecule has 1 amide bonds. The van der Waals surface area contributed by atoms with Crippen LogP contribution in [0.4, 0.5) is 5.69 Å². The second-order valence-corrected chi connectivity index (χ2v) is 7.58. The SMILES string of the molecule is O=C(CCc1ccccc1)C1=C(O)C(=O)N(c2cccc(Cl)c2)C1c1ccccc1. The lowest BCUT2D eigenvalue weighted by Gasteiger charge is -2.27. The third kappa shape index (κ3) is 3.87. The van der Waals surface area contributed by atoms with Gasteiger partial charge in [0, 0.05) is 17.1 Å². The van der Waals surface area contributed by atoms with Crippen molar-refractivity contribution in [3.8, 4) is 0 Å². The number of hydrogen-bond acceptors (Lipinski definition) is 3. The molecule has 1 atom stereocenters. The highest BCUT2D eigenvalue weighted by Gasteiger charge is 2.44. The lowest BCUT2D eigenvalue weighted by molar-refractivity contribution is -0.118. The van der Waals surface area contributed by atoms with Gasteiger partial charge < -0.3 is 5.11 Å². The van der Waals surface area contributed by atoms with E-state index in [1.807, 2.05) is 60.7 Å². The standard InChI is InChI=1S/C25H20ClNO3/c26-19-12-7-13-20(16-19)27-23(18-10-5-2-6-11-18)22(24(29)25(27)30)21(28)15-14-17-8-3-1-4-9-17/h1-13,16,23,29H,14-15H2. The number of amides is 1. The Morgan fingerprint density at radius 3 is 2.27 bits per heavy atom. The maximum Gasteiger partial charge on any atom is 0.294 e. The second kappa shape index (κ2) is 8.56. The van der Waals surface area contributed by atoms with Crippen LogP contribution in [0.5, 0.6) is 0 Å². The summed E-state index contributed by atoms with van der Waals surface area (Å²) in [4.78, 5) is 27.6. The van der Waals surface area contributed by atoms with E-state index >= 15 is 0 Å². The molecule has 5 heteroatoms. The van der Waals surface area contributed by atoms with Crippen molar-refractivity contribution in [1.29, 1.82) is 0 Å². The molecule has 0 radical (unpaired) electrons. The van der Waals surface area contributed by atoms with Gasteiger partial charge in [0.1, 0.15) is 0 Å². The summed E-state index contributed by atoms with van der Waals surface area (Å²) in [6.07, 6.45) is 0.729. The van der Waals surface area contributed by atoms with Crippen molar-refractivity contribution in [1.82, 2.24) is 0 Å². The van der Waals surface area contributed by atoms with Crippen LogP contribution in [0.25, 0.3) is 0 Å². The summed E-state index contributed by atoms with van der Waals surface area (Å²) in [6.45, 7) is 0. The highest BCUT2D eigenvalue weighted by Crippen LogP contribution is 2.41. The van der Waals surface area contributed by atoms with Gasteiger partial charge in [0.25, 0.3) is 5.91 Å². The van der Waals surface area contributed by atoms with Crippen molar-refractivity contribution < 1.29 is 14.7 Å². The minimum Gasteiger partial charge on any atom is -0.503 e. The zero-order chi connectivity index (χ0) is 21.1. The van der Waals surface area contributed by atoms with Gasteiger partial charge in [-0.1, -0.05) is 78.3 Å². The summed E-state index contributed by atoms with van der Waals surface area (Å²) in [6, 6.07) is 25.0. The number of halogens is 1. The van der Waals surface area contributed by atoms with Crippen molar-refractivity contribution >= 4 is 29.0 Å². The van der Waals surface area contributed by atoms with E-state index in [0.29, 0.717) is 17.1 Å². The van der Waals surface area contributed by atoms with Crippen LogP contribution in [-0.4, -0.2) is 16.8 Å². The largest absolute Gasteiger partial charge is 0.503 e. The topological polar surface area (TPSA) is 57.6 Å². The zero-order valence-corrected chi connectivity index (χ0v) is 16.9. The lowest BCUT2D eigenvalue weighted by Crippen LogP contribution is -2.31. The van der Waals surface area contributed by atoms with Crippen molar-refractivity contribution in [3.05, 3.63) is 112 Å². The van der Waals surface area contributed by atoms with Crippen LogP contribution in [0.2, 0.25) is 5.02 Å². The average molecular weight is 418 g/mol. The van der Waals surface area contributed by atoms with E-state index < -0.39 is 17.7 Å². The normalized spacial score (nSPS) is 16.2. The maximum atomic E-state index is 13.2. The number of hydrogen-bond donors (Lipinski definition) is 1. The summed E-state index contributed by atoms with van der Waals surface area (Å²) < 4.78 is 0. The molecule has 0 saturated carbocycles. The Morgan fingerprint density at radius 2 is 1.60 bits per heavy atom. The van der Waals surface area contributed by atoms with Crippen LogP contribution in [0.1, 0.15) is 23.6 Å². The molecular weight excluding hydrogens is 398 g/mol. The van der Waals surface area contributed by atoms with E-state index in [-0.39, 0.29) is 17.8 Å². The number of carbonyl (C=O) groups excluding carboxylic acids is 2. The van der Waals surface area contributed by atoms with E-state index in [0.717, 1.165) is 11.1 Å². The predicted molar refractivity (Wildman–Crippen MR) is 118 cm³/mol. The van der Waals surface area contributed by atoms with Crippen LogP contribution in [0.3, 0.4) is 0 Å². The van der Waals surface area contributed by atoms with Crippen molar-refractivity contribution in [3.63, 3.8) is 0 Å². The monoisotopic (exact) mass is 417 g/mol. The molecule has 0 spiro atoms. The van der Waals surface area contributed by atoms with Gasteiger partial charge >= 0.3 is 0 Å². The first-order valence-corrected chi connectivity index (χ1v) is 10.1. The molecule has 0 saturated heterocycles. The molecule has 1 N–H and O–H groups in total. The highest BCUT2D eigenvalue weighted by atomic mass is 35.5. The van der Waals surface area contributed by atoms with Crippen LogP contribution in [0.15, 0.2) is 96.3 Å². The first-order chi connectivity index (χ1) is 14.6. The Kier molecular flexibility index (Phi) is 5.68. The van der Waals surface area contributed by atoms with Gasteiger partial charge in [-0.3, -0.25) is 14.5 Å². The number of benzene rings is 3. The predicted octanol–water partition coefficient (Wildman–Crippen LogP) is 5.44. The molecule has 0 aliphatic carbocycles. The minimum atomic E-state index is -0.708. The third-order valence-corrected chi connectivity index (χ3v) is 5.43. The molecule has 4 rings (SSSR count). The molecule has 4 nitrogen and oxygen atoms in total. The smallest absolute Gasteiger partial charge is 0.294 e. The molecule has 0 bridgehead atoms. The average Bonchev–Trinajstić information content (AvgIpc) is 3.04. The Labute approximate surface area is 180 Å². The van der Waals surface area contributed by atoms with E-state index in [1.54, 1.807) is 24.3 Å². The summed E-state index contributed by atoms with van der Waals surface area (Å²) in [5.41, 5.74) is 2.43. The van der Waals surface area contributed by atoms with Crippen LogP contribution >= 0.6 is 11.6 Å². The van der Waals surface area contributed by atoms with E-state index in [1.165, 1.54) is 4.90 Å². The number of Topliss-reactive ketones (excluding diaryl/α,β-unsaturated/α-hetero) is 1. The third-order valence-electron chi connectivity index (χ3n) is 5.19. The Bertz CT molecular complexity index is 1110. The summed E-state index contributed by atoms with van der Waals surface area (Å²) in [5, 5.41) is 11.2. The van der Waals surface area contributed by atoms with Crippen LogP contribution < -0.4 is 4.90 Å². The minimum absolute atomic E-state index is 0.127. The fourth-order valence-corrected chi connectivity index (χ4v) is 3.95. The Balaban J connectivity index is 1.72. The number of aryl methyl sites for hydroxylation is 1. The van der Waals surface area contributed by atoms with Crippen molar-refractivity contribution in [2.75, 3.05) is 4.90 Å². The molecule has 30 heavy (non-hydrogen) atoms. The first kappa shape index (κ1) is 19.9. The summed E-state index contributed by atoms with van der Waals surface area (Å²) in [5.74, 6) is -1.35. The second-order valence-electron chi connectivity index (χ2n) is 7.14. The number of ketones is 1. The van der Waals surface area contributed by atoms with Gasteiger partial charge in [0.05, 0.1) is 11.6 Å². The fourth-order valence-electron chi connectivity index (χ4n) is 3.77.